The molecule has 5 heteroatoms. The van der Waals surface area contributed by atoms with Crippen molar-refractivity contribution >= 4 is 11.9 Å². The van der Waals surface area contributed by atoms with Crippen molar-refractivity contribution in [1.82, 2.24) is 10.6 Å². The van der Waals surface area contributed by atoms with Gasteiger partial charge in [0.15, 0.2) is 5.92 Å². The van der Waals surface area contributed by atoms with E-state index in [0.717, 1.165) is 11.1 Å². The van der Waals surface area contributed by atoms with Gasteiger partial charge in [-0.1, -0.05) is 36.4 Å². The summed E-state index contributed by atoms with van der Waals surface area (Å²) < 4.78 is 4.99. The van der Waals surface area contributed by atoms with E-state index >= 15 is 0 Å². The molecule has 1 saturated heterocycles. The maximum atomic E-state index is 12.1. The minimum atomic E-state index is -0.914. The molecule has 0 aliphatic carbocycles. The molecule has 1 heterocycles. The van der Waals surface area contributed by atoms with Crippen molar-refractivity contribution in [2.45, 2.75) is 19.9 Å². The van der Waals surface area contributed by atoms with Crippen molar-refractivity contribution in [3.63, 3.8) is 0 Å². The second-order valence-corrected chi connectivity index (χ2v) is 4.73. The topological polar surface area (TPSA) is 67.4 Å². The molecule has 5 nitrogen and oxygen atoms in total. The number of nitrogens with one attached hydrogen (secondary N) is 2. The summed E-state index contributed by atoms with van der Waals surface area (Å²) in [6.07, 6.45) is 0. The van der Waals surface area contributed by atoms with Gasteiger partial charge in [-0.2, -0.15) is 0 Å². The Labute approximate surface area is 118 Å². The van der Waals surface area contributed by atoms with E-state index in [-0.39, 0.29) is 6.61 Å². The van der Waals surface area contributed by atoms with Crippen molar-refractivity contribution in [2.24, 2.45) is 5.92 Å². The Bertz CT molecular complexity index is 537. The van der Waals surface area contributed by atoms with Gasteiger partial charge < -0.3 is 15.4 Å². The van der Waals surface area contributed by atoms with Gasteiger partial charge in [-0.15, -0.1) is 0 Å². The summed E-state index contributed by atoms with van der Waals surface area (Å²) in [6.45, 7) is 7.64. The highest BCUT2D eigenvalue weighted by atomic mass is 16.5. The maximum absolute atomic E-state index is 12.1. The van der Waals surface area contributed by atoms with E-state index < -0.39 is 23.8 Å². The van der Waals surface area contributed by atoms with Crippen LogP contribution in [0, 0.1) is 12.8 Å². The van der Waals surface area contributed by atoms with Crippen LogP contribution in [0.4, 0.5) is 0 Å². The fourth-order valence-electron chi connectivity index (χ4n) is 2.21. The van der Waals surface area contributed by atoms with Crippen LogP contribution >= 0.6 is 0 Å². The molecule has 2 unspecified atom stereocenters. The van der Waals surface area contributed by atoms with Gasteiger partial charge in [-0.3, -0.25) is 9.59 Å². The second-order valence-electron chi connectivity index (χ2n) is 4.73. The minimum absolute atomic E-state index is 0.240. The highest BCUT2D eigenvalue weighted by Crippen LogP contribution is 2.27. The average molecular weight is 274 g/mol. The van der Waals surface area contributed by atoms with Crippen molar-refractivity contribution < 1.29 is 14.3 Å². The molecular formula is C15H18N2O3. The van der Waals surface area contributed by atoms with Gasteiger partial charge >= 0.3 is 5.97 Å². The number of carbonyl (C=O) groups is 2. The van der Waals surface area contributed by atoms with Crippen molar-refractivity contribution in [3.8, 4) is 0 Å². The molecule has 1 amide bonds. The zero-order chi connectivity index (χ0) is 14.7. The van der Waals surface area contributed by atoms with E-state index in [1.165, 1.54) is 0 Å². The number of esters is 1. The number of carbonyl (C=O) groups excluding carboxylic acids is 2. The lowest BCUT2D eigenvalue weighted by Crippen LogP contribution is -2.51. The van der Waals surface area contributed by atoms with Gasteiger partial charge in [0.1, 0.15) is 0 Å². The lowest BCUT2D eigenvalue weighted by molar-refractivity contribution is -0.154. The third kappa shape index (κ3) is 2.82. The molecule has 1 aliphatic rings. The Morgan fingerprint density at radius 2 is 2.00 bits per heavy atom. The lowest BCUT2D eigenvalue weighted by Gasteiger charge is -2.32. The van der Waals surface area contributed by atoms with Gasteiger partial charge in [-0.25, -0.2) is 0 Å². The molecule has 0 saturated carbocycles. The van der Waals surface area contributed by atoms with Crippen molar-refractivity contribution in [3.05, 3.63) is 47.8 Å². The van der Waals surface area contributed by atoms with Crippen LogP contribution in [-0.4, -0.2) is 18.5 Å². The highest BCUT2D eigenvalue weighted by Gasteiger charge is 2.40. The standard InChI is InChI=1S/C15H18N2O3/c1-4-20-15(19)12-13(16-10(3)17-14(12)18)11-7-5-9(2)6-8-11/h5-8,12-13,16H,3-4H2,1-2H3,(H,17,18). The predicted molar refractivity (Wildman–Crippen MR) is 74.5 cm³/mol. The molecule has 1 aliphatic heterocycles. The normalized spacial score (nSPS) is 21.9. The molecule has 2 atom stereocenters. The number of hydrogen-bond donors (Lipinski definition) is 2. The summed E-state index contributed by atoms with van der Waals surface area (Å²) in [7, 11) is 0. The minimum Gasteiger partial charge on any atom is -0.465 e. The van der Waals surface area contributed by atoms with Crippen LogP contribution in [0.5, 0.6) is 0 Å². The van der Waals surface area contributed by atoms with Crippen LogP contribution < -0.4 is 10.6 Å². The Hall–Kier alpha value is -2.30. The smallest absolute Gasteiger partial charge is 0.320 e. The van der Waals surface area contributed by atoms with Crippen LogP contribution in [0.1, 0.15) is 24.1 Å². The molecule has 0 bridgehead atoms. The Morgan fingerprint density at radius 1 is 1.35 bits per heavy atom. The second kappa shape index (κ2) is 5.77. The first-order valence-corrected chi connectivity index (χ1v) is 6.52. The van der Waals surface area contributed by atoms with Crippen molar-refractivity contribution in [1.29, 1.82) is 0 Å². The monoisotopic (exact) mass is 274 g/mol. The number of rotatable bonds is 3. The van der Waals surface area contributed by atoms with Gasteiger partial charge in [0, 0.05) is 0 Å². The first-order chi connectivity index (χ1) is 9.52. The van der Waals surface area contributed by atoms with E-state index in [2.05, 4.69) is 17.2 Å². The summed E-state index contributed by atoms with van der Waals surface area (Å²) >= 11 is 0. The molecular weight excluding hydrogens is 256 g/mol. The summed E-state index contributed by atoms with van der Waals surface area (Å²) in [4.78, 5) is 24.1. The molecule has 1 aromatic carbocycles. The Morgan fingerprint density at radius 3 is 2.60 bits per heavy atom. The third-order valence-electron chi connectivity index (χ3n) is 3.20. The molecule has 2 N–H and O–H groups in total. The summed E-state index contributed by atoms with van der Waals surface area (Å²) in [5.74, 6) is -1.45. The van der Waals surface area contributed by atoms with E-state index in [9.17, 15) is 9.59 Å². The molecule has 0 spiro atoms. The molecule has 106 valence electrons. The summed E-state index contributed by atoms with van der Waals surface area (Å²) in [5, 5.41) is 5.58. The molecule has 0 radical (unpaired) electrons. The molecule has 20 heavy (non-hydrogen) atoms. The Kier molecular flexibility index (Phi) is 4.08. The number of hydrogen-bond acceptors (Lipinski definition) is 4. The Balaban J connectivity index is 2.33. The zero-order valence-electron chi connectivity index (χ0n) is 11.6. The molecule has 0 aromatic heterocycles. The van der Waals surface area contributed by atoms with Crippen LogP contribution in [0.3, 0.4) is 0 Å². The predicted octanol–water partition coefficient (Wildman–Crippen LogP) is 1.41. The lowest BCUT2D eigenvalue weighted by atomic mass is 9.90. The molecule has 1 aromatic rings. The van der Waals surface area contributed by atoms with Crippen LogP contribution in [0.15, 0.2) is 36.7 Å². The van der Waals surface area contributed by atoms with E-state index in [1.807, 2.05) is 31.2 Å². The van der Waals surface area contributed by atoms with Crippen LogP contribution in [0.2, 0.25) is 0 Å². The fourth-order valence-corrected chi connectivity index (χ4v) is 2.21. The largest absolute Gasteiger partial charge is 0.465 e. The van der Waals surface area contributed by atoms with Crippen LogP contribution in [0.25, 0.3) is 0 Å². The van der Waals surface area contributed by atoms with E-state index in [1.54, 1.807) is 6.92 Å². The van der Waals surface area contributed by atoms with E-state index in [4.69, 9.17) is 4.74 Å². The average Bonchev–Trinajstić information content (AvgIpc) is 2.38. The number of amides is 1. The van der Waals surface area contributed by atoms with E-state index in [0.29, 0.717) is 5.82 Å². The van der Waals surface area contributed by atoms with Gasteiger partial charge in [0.25, 0.3) is 0 Å². The summed E-state index contributed by atoms with van der Waals surface area (Å²) in [5.41, 5.74) is 1.96. The summed E-state index contributed by atoms with van der Waals surface area (Å²) in [6, 6.07) is 7.20. The number of benzene rings is 1. The van der Waals surface area contributed by atoms with Gasteiger partial charge in [0.2, 0.25) is 5.91 Å². The third-order valence-corrected chi connectivity index (χ3v) is 3.20. The fraction of sp³-hybridized carbons (Fsp3) is 0.333. The van der Waals surface area contributed by atoms with Crippen LogP contribution in [-0.2, 0) is 14.3 Å². The number of aryl methyl sites for hydroxylation is 1. The number of ether oxygens (including phenoxy) is 1. The quantitative estimate of drug-likeness (QED) is 0.646. The van der Waals surface area contributed by atoms with Crippen molar-refractivity contribution in [2.75, 3.05) is 6.61 Å². The van der Waals surface area contributed by atoms with Gasteiger partial charge in [-0.05, 0) is 19.4 Å². The maximum Gasteiger partial charge on any atom is 0.320 e. The SMILES string of the molecule is C=C1NC(=O)C(C(=O)OCC)C(c2ccc(C)cc2)N1. The zero-order valence-corrected chi connectivity index (χ0v) is 11.6. The first-order valence-electron chi connectivity index (χ1n) is 6.52. The first kappa shape index (κ1) is 14.1. The molecule has 1 fully saturated rings. The van der Waals surface area contributed by atoms with Gasteiger partial charge in [0.05, 0.1) is 18.5 Å². The highest BCUT2D eigenvalue weighted by molar-refractivity contribution is 6.00. The molecule has 2 rings (SSSR count).